The van der Waals surface area contributed by atoms with E-state index < -0.39 is 0 Å². The molecule has 1 amide bonds. The average molecular weight is 277 g/mol. The van der Waals surface area contributed by atoms with Crippen molar-refractivity contribution in [2.75, 3.05) is 6.54 Å². The third kappa shape index (κ3) is 3.05. The second kappa shape index (κ2) is 5.96. The number of nitrogens with zero attached hydrogens (tertiary/aromatic N) is 1. The van der Waals surface area contributed by atoms with E-state index in [0.717, 1.165) is 19.4 Å². The second-order valence-corrected chi connectivity index (χ2v) is 5.48. The summed E-state index contributed by atoms with van der Waals surface area (Å²) in [5.41, 5.74) is 5.24. The summed E-state index contributed by atoms with van der Waals surface area (Å²) in [6.07, 6.45) is 3.27. The minimum atomic E-state index is 0.0223. The van der Waals surface area contributed by atoms with Crippen molar-refractivity contribution in [2.24, 2.45) is 0 Å². The smallest absolute Gasteiger partial charge is 0.246 e. The number of fused-ring (bicyclic) bond motifs is 1. The zero-order chi connectivity index (χ0) is 14.7. The van der Waals surface area contributed by atoms with Gasteiger partial charge in [0.1, 0.15) is 0 Å². The topological polar surface area (TPSA) is 20.3 Å². The van der Waals surface area contributed by atoms with Crippen molar-refractivity contribution in [2.45, 2.75) is 19.4 Å². The molecule has 0 saturated heterocycles. The molecule has 0 aliphatic carbocycles. The van der Waals surface area contributed by atoms with Crippen molar-refractivity contribution < 1.29 is 4.79 Å². The maximum Gasteiger partial charge on any atom is 0.246 e. The number of hydrogen-bond acceptors (Lipinski definition) is 1. The molecule has 2 heteroatoms. The van der Waals surface area contributed by atoms with E-state index in [0.29, 0.717) is 6.54 Å². The normalized spacial score (nSPS) is 13.6. The Labute approximate surface area is 125 Å². The standard InChI is InChI=1S/C19H19NO/c1-2-19(21)20-11-10-17-9-8-16(13-18(17)14-20)12-15-6-4-3-5-7-15/h2-9,13H,1,10-12,14H2. The van der Waals surface area contributed by atoms with Gasteiger partial charge in [0.25, 0.3) is 0 Å². The SMILES string of the molecule is C=CC(=O)N1CCc2ccc(Cc3ccccc3)cc2C1. The van der Waals surface area contributed by atoms with Gasteiger partial charge < -0.3 is 4.90 Å². The fraction of sp³-hybridized carbons (Fsp3) is 0.211. The second-order valence-electron chi connectivity index (χ2n) is 5.48. The monoisotopic (exact) mass is 277 g/mol. The third-order valence-corrected chi connectivity index (χ3v) is 4.02. The van der Waals surface area contributed by atoms with Crippen molar-refractivity contribution >= 4 is 5.91 Å². The molecule has 0 radical (unpaired) electrons. The van der Waals surface area contributed by atoms with Crippen molar-refractivity contribution in [1.29, 1.82) is 0 Å². The Morgan fingerprint density at radius 2 is 1.90 bits per heavy atom. The Hall–Kier alpha value is -2.35. The Bertz CT molecular complexity index is 661. The van der Waals surface area contributed by atoms with Gasteiger partial charge >= 0.3 is 0 Å². The molecule has 2 aromatic carbocycles. The van der Waals surface area contributed by atoms with Gasteiger partial charge in [0, 0.05) is 13.1 Å². The molecule has 3 rings (SSSR count). The minimum Gasteiger partial charge on any atom is -0.335 e. The van der Waals surface area contributed by atoms with Crippen molar-refractivity contribution in [3.05, 3.63) is 83.4 Å². The van der Waals surface area contributed by atoms with E-state index in [9.17, 15) is 4.79 Å². The highest BCUT2D eigenvalue weighted by atomic mass is 16.2. The van der Waals surface area contributed by atoms with E-state index in [4.69, 9.17) is 0 Å². The van der Waals surface area contributed by atoms with Gasteiger partial charge in [-0.25, -0.2) is 0 Å². The van der Waals surface area contributed by atoms with E-state index in [1.54, 1.807) is 0 Å². The van der Waals surface area contributed by atoms with Crippen molar-refractivity contribution in [3.8, 4) is 0 Å². The van der Waals surface area contributed by atoms with Gasteiger partial charge in [-0.15, -0.1) is 0 Å². The fourth-order valence-electron chi connectivity index (χ4n) is 2.87. The number of rotatable bonds is 3. The summed E-state index contributed by atoms with van der Waals surface area (Å²) < 4.78 is 0. The predicted octanol–water partition coefficient (Wildman–Crippen LogP) is 3.35. The van der Waals surface area contributed by atoms with Crippen LogP contribution < -0.4 is 0 Å². The van der Waals surface area contributed by atoms with Crippen LogP contribution in [0.2, 0.25) is 0 Å². The van der Waals surface area contributed by atoms with Gasteiger partial charge in [-0.1, -0.05) is 55.1 Å². The highest BCUT2D eigenvalue weighted by molar-refractivity contribution is 5.87. The predicted molar refractivity (Wildman–Crippen MR) is 85.0 cm³/mol. The number of benzene rings is 2. The molecule has 2 aromatic rings. The molecule has 0 atom stereocenters. The van der Waals surface area contributed by atoms with Gasteiger partial charge in [-0.3, -0.25) is 4.79 Å². The first kappa shape index (κ1) is 13.6. The van der Waals surface area contributed by atoms with Crippen LogP contribution in [-0.2, 0) is 24.2 Å². The maximum absolute atomic E-state index is 11.8. The van der Waals surface area contributed by atoms with Crippen LogP contribution >= 0.6 is 0 Å². The maximum atomic E-state index is 11.8. The van der Waals surface area contributed by atoms with Gasteiger partial charge in [0.2, 0.25) is 5.91 Å². The molecule has 1 aliphatic rings. The van der Waals surface area contributed by atoms with Crippen LogP contribution in [0.3, 0.4) is 0 Å². The molecule has 0 spiro atoms. The number of carbonyl (C=O) groups excluding carboxylic acids is 1. The first-order valence-electron chi connectivity index (χ1n) is 7.32. The molecule has 2 nitrogen and oxygen atoms in total. The first-order valence-corrected chi connectivity index (χ1v) is 7.32. The quantitative estimate of drug-likeness (QED) is 0.788. The van der Waals surface area contributed by atoms with Crippen LogP contribution in [0.1, 0.15) is 22.3 Å². The van der Waals surface area contributed by atoms with Crippen LogP contribution in [0, 0.1) is 0 Å². The zero-order valence-corrected chi connectivity index (χ0v) is 12.1. The van der Waals surface area contributed by atoms with Gasteiger partial charge in [0.05, 0.1) is 0 Å². The minimum absolute atomic E-state index is 0.0223. The summed E-state index contributed by atoms with van der Waals surface area (Å²) >= 11 is 0. The summed E-state index contributed by atoms with van der Waals surface area (Å²) in [4.78, 5) is 13.6. The molecule has 0 saturated carbocycles. The largest absolute Gasteiger partial charge is 0.335 e. The van der Waals surface area contributed by atoms with E-state index >= 15 is 0 Å². The molecule has 0 aromatic heterocycles. The lowest BCUT2D eigenvalue weighted by molar-refractivity contribution is -0.126. The van der Waals surface area contributed by atoms with Crippen LogP contribution in [0.15, 0.2) is 61.2 Å². The Kier molecular flexibility index (Phi) is 3.87. The number of hydrogen-bond donors (Lipinski definition) is 0. The van der Waals surface area contributed by atoms with Gasteiger partial charge in [-0.05, 0) is 41.2 Å². The highest BCUT2D eigenvalue weighted by Crippen LogP contribution is 2.22. The van der Waals surface area contributed by atoms with Crippen LogP contribution in [-0.4, -0.2) is 17.4 Å². The first-order chi connectivity index (χ1) is 10.3. The molecular weight excluding hydrogens is 258 g/mol. The van der Waals surface area contributed by atoms with Crippen LogP contribution in [0.25, 0.3) is 0 Å². The van der Waals surface area contributed by atoms with Crippen molar-refractivity contribution in [3.63, 3.8) is 0 Å². The molecule has 1 aliphatic heterocycles. The van der Waals surface area contributed by atoms with Crippen LogP contribution in [0.5, 0.6) is 0 Å². The van der Waals surface area contributed by atoms with Gasteiger partial charge in [0.15, 0.2) is 0 Å². The number of amides is 1. The molecule has 0 fully saturated rings. The average Bonchev–Trinajstić information content (AvgIpc) is 2.54. The molecule has 0 unspecified atom stereocenters. The zero-order valence-electron chi connectivity index (χ0n) is 12.1. The lowest BCUT2D eigenvalue weighted by Gasteiger charge is -2.28. The van der Waals surface area contributed by atoms with E-state index in [2.05, 4.69) is 49.0 Å². The summed E-state index contributed by atoms with van der Waals surface area (Å²) in [5.74, 6) is 0.0223. The van der Waals surface area contributed by atoms with Gasteiger partial charge in [-0.2, -0.15) is 0 Å². The van der Waals surface area contributed by atoms with E-state index in [-0.39, 0.29) is 5.91 Å². The lowest BCUT2D eigenvalue weighted by atomic mass is 9.95. The van der Waals surface area contributed by atoms with Crippen molar-refractivity contribution in [1.82, 2.24) is 4.90 Å². The Morgan fingerprint density at radius 1 is 1.10 bits per heavy atom. The molecule has 106 valence electrons. The third-order valence-electron chi connectivity index (χ3n) is 4.02. The Morgan fingerprint density at radius 3 is 2.67 bits per heavy atom. The summed E-state index contributed by atoms with van der Waals surface area (Å²) in [6, 6.07) is 17.1. The highest BCUT2D eigenvalue weighted by Gasteiger charge is 2.18. The summed E-state index contributed by atoms with van der Waals surface area (Å²) in [6.45, 7) is 5.06. The lowest BCUT2D eigenvalue weighted by Crippen LogP contribution is -2.34. The molecular formula is C19H19NO. The molecule has 21 heavy (non-hydrogen) atoms. The molecule has 0 bridgehead atoms. The summed E-state index contributed by atoms with van der Waals surface area (Å²) in [5, 5.41) is 0. The molecule has 1 heterocycles. The number of carbonyl (C=O) groups is 1. The molecule has 0 N–H and O–H groups in total. The fourth-order valence-corrected chi connectivity index (χ4v) is 2.87. The summed E-state index contributed by atoms with van der Waals surface area (Å²) in [7, 11) is 0. The van der Waals surface area contributed by atoms with Crippen LogP contribution in [0.4, 0.5) is 0 Å². The van der Waals surface area contributed by atoms with E-state index in [1.165, 1.54) is 28.3 Å². The van der Waals surface area contributed by atoms with E-state index in [1.807, 2.05) is 11.0 Å². The Balaban J connectivity index is 1.81.